The van der Waals surface area contributed by atoms with E-state index in [1.165, 1.54) is 0 Å². The summed E-state index contributed by atoms with van der Waals surface area (Å²) in [4.78, 5) is 25.6. The van der Waals surface area contributed by atoms with Gasteiger partial charge in [0.1, 0.15) is 5.76 Å². The molecule has 0 amide bonds. The molecule has 0 bridgehead atoms. The quantitative estimate of drug-likeness (QED) is 0.788. The van der Waals surface area contributed by atoms with Crippen LogP contribution in [-0.2, 0) is 21.4 Å². The highest BCUT2D eigenvalue weighted by atomic mass is 16.3. The lowest BCUT2D eigenvalue weighted by molar-refractivity contribution is -0.156. The fourth-order valence-electron chi connectivity index (χ4n) is 4.13. The minimum atomic E-state index is -0.826. The number of ketones is 2. The van der Waals surface area contributed by atoms with Gasteiger partial charge in [0.15, 0.2) is 0 Å². The van der Waals surface area contributed by atoms with Gasteiger partial charge in [-0.05, 0) is 30.5 Å². The van der Waals surface area contributed by atoms with E-state index in [-0.39, 0.29) is 11.6 Å². The Hall–Kier alpha value is -2.16. The third-order valence-electron chi connectivity index (χ3n) is 5.67. The SMILES string of the molecule is CC1(C)CC(Cc2ccccc2)(c2ccco2)C(C)(C)C(=O)C1=O. The maximum absolute atomic E-state index is 13.0. The molecule has 0 aliphatic heterocycles. The Morgan fingerprint density at radius 2 is 1.58 bits per heavy atom. The number of hydrogen-bond donors (Lipinski definition) is 0. The van der Waals surface area contributed by atoms with Gasteiger partial charge in [-0.1, -0.05) is 58.0 Å². The minimum Gasteiger partial charge on any atom is -0.469 e. The monoisotopic (exact) mass is 324 g/mol. The first-order valence-corrected chi connectivity index (χ1v) is 8.38. The van der Waals surface area contributed by atoms with Crippen molar-refractivity contribution in [2.75, 3.05) is 0 Å². The van der Waals surface area contributed by atoms with Crippen molar-refractivity contribution in [3.05, 3.63) is 60.1 Å². The third kappa shape index (κ3) is 2.34. The van der Waals surface area contributed by atoms with Crippen LogP contribution in [0.1, 0.15) is 45.4 Å². The number of carbonyl (C=O) groups excluding carboxylic acids is 2. The molecular formula is C21H24O3. The molecular weight excluding hydrogens is 300 g/mol. The number of hydrogen-bond acceptors (Lipinski definition) is 3. The smallest absolute Gasteiger partial charge is 0.205 e. The van der Waals surface area contributed by atoms with E-state index < -0.39 is 16.2 Å². The van der Waals surface area contributed by atoms with E-state index in [2.05, 4.69) is 12.1 Å². The van der Waals surface area contributed by atoms with Gasteiger partial charge in [0.25, 0.3) is 0 Å². The minimum absolute atomic E-state index is 0.275. The largest absolute Gasteiger partial charge is 0.469 e. The van der Waals surface area contributed by atoms with Crippen molar-refractivity contribution in [1.29, 1.82) is 0 Å². The highest BCUT2D eigenvalue weighted by molar-refractivity contribution is 6.41. The normalized spacial score (nSPS) is 25.7. The average molecular weight is 324 g/mol. The summed E-state index contributed by atoms with van der Waals surface area (Å²) >= 11 is 0. The van der Waals surface area contributed by atoms with Crippen molar-refractivity contribution in [2.45, 2.75) is 46.0 Å². The van der Waals surface area contributed by atoms with Crippen LogP contribution in [0.5, 0.6) is 0 Å². The predicted octanol–water partition coefficient (Wildman–Crippen LogP) is 4.35. The summed E-state index contributed by atoms with van der Waals surface area (Å²) in [6, 6.07) is 13.9. The van der Waals surface area contributed by atoms with Crippen molar-refractivity contribution >= 4 is 11.6 Å². The molecule has 1 fully saturated rings. The fraction of sp³-hybridized carbons (Fsp3) is 0.429. The summed E-state index contributed by atoms with van der Waals surface area (Å²) in [7, 11) is 0. The zero-order valence-corrected chi connectivity index (χ0v) is 14.8. The first-order valence-electron chi connectivity index (χ1n) is 8.38. The number of carbonyl (C=O) groups is 2. The average Bonchev–Trinajstić information content (AvgIpc) is 3.07. The molecule has 0 N–H and O–H groups in total. The molecule has 3 rings (SSSR count). The van der Waals surface area contributed by atoms with Gasteiger partial charge < -0.3 is 4.42 Å². The Balaban J connectivity index is 2.20. The van der Waals surface area contributed by atoms with E-state index in [1.54, 1.807) is 6.26 Å². The zero-order valence-electron chi connectivity index (χ0n) is 14.8. The van der Waals surface area contributed by atoms with Crippen molar-refractivity contribution in [3.63, 3.8) is 0 Å². The predicted molar refractivity (Wildman–Crippen MR) is 92.7 cm³/mol. The molecule has 0 radical (unpaired) electrons. The van der Waals surface area contributed by atoms with E-state index in [0.717, 1.165) is 11.3 Å². The second kappa shape index (κ2) is 5.44. The number of Topliss-reactive ketones (excluding diaryl/α,β-unsaturated/α-hetero) is 2. The van der Waals surface area contributed by atoms with Gasteiger partial charge in [-0.25, -0.2) is 0 Å². The molecule has 1 aromatic heterocycles. The van der Waals surface area contributed by atoms with Gasteiger partial charge in [0, 0.05) is 16.2 Å². The lowest BCUT2D eigenvalue weighted by Gasteiger charge is -2.52. The summed E-state index contributed by atoms with van der Waals surface area (Å²) in [5, 5.41) is 0. The molecule has 126 valence electrons. The van der Waals surface area contributed by atoms with Crippen LogP contribution < -0.4 is 0 Å². The summed E-state index contributed by atoms with van der Waals surface area (Å²) in [5.74, 6) is 0.208. The van der Waals surface area contributed by atoms with Crippen LogP contribution in [0.25, 0.3) is 0 Å². The van der Waals surface area contributed by atoms with Gasteiger partial charge in [0.2, 0.25) is 11.6 Å². The first-order chi connectivity index (χ1) is 11.2. The fourth-order valence-corrected chi connectivity index (χ4v) is 4.13. The van der Waals surface area contributed by atoms with Crippen molar-refractivity contribution in [3.8, 4) is 0 Å². The van der Waals surface area contributed by atoms with Crippen molar-refractivity contribution in [1.82, 2.24) is 0 Å². The lowest BCUT2D eigenvalue weighted by atomic mass is 9.48. The molecule has 2 aromatic rings. The van der Waals surface area contributed by atoms with Crippen LogP contribution in [0.3, 0.4) is 0 Å². The van der Waals surface area contributed by atoms with E-state index >= 15 is 0 Å². The number of rotatable bonds is 3. The molecule has 3 nitrogen and oxygen atoms in total. The molecule has 1 unspecified atom stereocenters. The second-order valence-electron chi connectivity index (χ2n) is 8.07. The standard InChI is InChI=1S/C21H24O3/c1-19(2)14-21(16-11-8-12-24-16,13-15-9-6-5-7-10-15)20(3,4)18(23)17(19)22/h5-12H,13-14H2,1-4H3. The first kappa shape index (κ1) is 16.7. The van der Waals surface area contributed by atoms with Crippen LogP contribution in [0.2, 0.25) is 0 Å². The Kier molecular flexibility index (Phi) is 3.78. The molecule has 1 heterocycles. The second-order valence-corrected chi connectivity index (χ2v) is 8.07. The maximum Gasteiger partial charge on any atom is 0.205 e. The maximum atomic E-state index is 13.0. The van der Waals surface area contributed by atoms with E-state index in [4.69, 9.17) is 4.42 Å². The Labute approximate surface area is 143 Å². The van der Waals surface area contributed by atoms with Gasteiger partial charge in [-0.2, -0.15) is 0 Å². The van der Waals surface area contributed by atoms with Crippen molar-refractivity contribution < 1.29 is 14.0 Å². The Morgan fingerprint density at radius 3 is 2.17 bits per heavy atom. The molecule has 24 heavy (non-hydrogen) atoms. The van der Waals surface area contributed by atoms with Crippen LogP contribution in [0.15, 0.2) is 53.1 Å². The molecule has 1 atom stereocenters. The van der Waals surface area contributed by atoms with E-state index in [9.17, 15) is 9.59 Å². The molecule has 0 spiro atoms. The zero-order chi connectivity index (χ0) is 17.6. The molecule has 1 aromatic carbocycles. The third-order valence-corrected chi connectivity index (χ3v) is 5.67. The van der Waals surface area contributed by atoms with Gasteiger partial charge in [0.05, 0.1) is 6.26 Å². The Morgan fingerprint density at radius 1 is 0.917 bits per heavy atom. The van der Waals surface area contributed by atoms with E-state index in [1.807, 2.05) is 58.0 Å². The molecule has 3 heteroatoms. The van der Waals surface area contributed by atoms with Crippen LogP contribution in [0, 0.1) is 10.8 Å². The summed E-state index contributed by atoms with van der Waals surface area (Å²) in [5.41, 5.74) is -0.937. The van der Waals surface area contributed by atoms with Crippen LogP contribution in [-0.4, -0.2) is 11.6 Å². The summed E-state index contributed by atoms with van der Waals surface area (Å²) < 4.78 is 5.80. The Bertz CT molecular complexity index is 754. The highest BCUT2D eigenvalue weighted by Crippen LogP contribution is 2.56. The van der Waals surface area contributed by atoms with Crippen LogP contribution >= 0.6 is 0 Å². The lowest BCUT2D eigenvalue weighted by Crippen LogP contribution is -2.60. The molecule has 1 aliphatic carbocycles. The van der Waals surface area contributed by atoms with Gasteiger partial charge in [-0.3, -0.25) is 9.59 Å². The molecule has 0 saturated heterocycles. The van der Waals surface area contributed by atoms with Crippen LogP contribution in [0.4, 0.5) is 0 Å². The highest BCUT2D eigenvalue weighted by Gasteiger charge is 2.62. The van der Waals surface area contributed by atoms with E-state index in [0.29, 0.717) is 12.8 Å². The summed E-state index contributed by atoms with van der Waals surface area (Å²) in [6.45, 7) is 7.50. The van der Waals surface area contributed by atoms with Gasteiger partial charge in [-0.15, -0.1) is 0 Å². The van der Waals surface area contributed by atoms with Crippen molar-refractivity contribution in [2.24, 2.45) is 10.8 Å². The number of furan rings is 1. The number of benzene rings is 1. The molecule has 1 saturated carbocycles. The summed E-state index contributed by atoms with van der Waals surface area (Å²) in [6.07, 6.45) is 2.89. The topological polar surface area (TPSA) is 47.3 Å². The molecule has 1 aliphatic rings. The van der Waals surface area contributed by atoms with Gasteiger partial charge >= 0.3 is 0 Å².